The monoisotopic (exact) mass is 292 g/mol. The number of aliphatic hydroxyl groups is 1. The van der Waals surface area contributed by atoms with Gasteiger partial charge in [0.2, 0.25) is 5.91 Å². The molecule has 0 fully saturated rings. The van der Waals surface area contributed by atoms with Crippen LogP contribution >= 0.6 is 0 Å². The van der Waals surface area contributed by atoms with Crippen molar-refractivity contribution in [3.05, 3.63) is 35.9 Å². The molecule has 118 valence electrons. The normalized spacial score (nSPS) is 15.2. The number of hydrogen-bond acceptors (Lipinski definition) is 3. The standard InChI is InChI=1S/C17H28N2O2/c1-3-4-10-19-17(21)13(2)11-16(20)15(18)12-14-8-6-5-7-9-14/h5-9,13,15-16,20H,3-4,10-12,18H2,1-2H3,(H,19,21). The number of carbonyl (C=O) groups excluding carboxylic acids is 1. The Morgan fingerprint density at radius 1 is 1.33 bits per heavy atom. The third-order valence-corrected chi connectivity index (χ3v) is 3.68. The van der Waals surface area contributed by atoms with Crippen molar-refractivity contribution in [1.29, 1.82) is 0 Å². The minimum Gasteiger partial charge on any atom is -0.391 e. The molecule has 1 amide bonds. The van der Waals surface area contributed by atoms with Crippen molar-refractivity contribution in [2.24, 2.45) is 11.7 Å². The maximum Gasteiger partial charge on any atom is 0.222 e. The minimum atomic E-state index is -0.669. The molecular weight excluding hydrogens is 264 g/mol. The second-order valence-corrected chi connectivity index (χ2v) is 5.70. The van der Waals surface area contributed by atoms with Gasteiger partial charge < -0.3 is 16.2 Å². The maximum absolute atomic E-state index is 11.9. The van der Waals surface area contributed by atoms with Gasteiger partial charge in [-0.2, -0.15) is 0 Å². The summed E-state index contributed by atoms with van der Waals surface area (Å²) in [7, 11) is 0. The zero-order valence-electron chi connectivity index (χ0n) is 13.1. The lowest BCUT2D eigenvalue weighted by Crippen LogP contribution is -2.40. The van der Waals surface area contributed by atoms with Gasteiger partial charge >= 0.3 is 0 Å². The summed E-state index contributed by atoms with van der Waals surface area (Å²) in [5.74, 6) is -0.229. The Bertz CT molecular complexity index is 409. The molecule has 0 saturated heterocycles. The molecular formula is C17H28N2O2. The van der Waals surface area contributed by atoms with Crippen LogP contribution in [-0.4, -0.2) is 29.7 Å². The van der Waals surface area contributed by atoms with Crippen LogP contribution in [0, 0.1) is 5.92 Å². The van der Waals surface area contributed by atoms with E-state index in [9.17, 15) is 9.90 Å². The third-order valence-electron chi connectivity index (χ3n) is 3.68. The molecule has 0 aromatic heterocycles. The smallest absolute Gasteiger partial charge is 0.222 e. The number of aliphatic hydroxyl groups excluding tert-OH is 1. The molecule has 4 N–H and O–H groups in total. The first-order valence-electron chi connectivity index (χ1n) is 7.79. The lowest BCUT2D eigenvalue weighted by atomic mass is 9.94. The Hall–Kier alpha value is -1.39. The summed E-state index contributed by atoms with van der Waals surface area (Å²) in [5.41, 5.74) is 7.14. The number of hydrogen-bond donors (Lipinski definition) is 3. The van der Waals surface area contributed by atoms with Crippen molar-refractivity contribution in [1.82, 2.24) is 5.32 Å². The average molecular weight is 292 g/mol. The molecule has 0 heterocycles. The molecule has 4 nitrogen and oxygen atoms in total. The van der Waals surface area contributed by atoms with E-state index in [0.29, 0.717) is 19.4 Å². The molecule has 0 saturated carbocycles. The van der Waals surface area contributed by atoms with Gasteiger partial charge in [-0.3, -0.25) is 4.79 Å². The zero-order valence-corrected chi connectivity index (χ0v) is 13.1. The Morgan fingerprint density at radius 2 is 2.00 bits per heavy atom. The number of carbonyl (C=O) groups is 1. The van der Waals surface area contributed by atoms with E-state index in [1.165, 1.54) is 0 Å². The van der Waals surface area contributed by atoms with Crippen molar-refractivity contribution in [3.63, 3.8) is 0 Å². The van der Waals surface area contributed by atoms with E-state index in [-0.39, 0.29) is 17.9 Å². The van der Waals surface area contributed by atoms with Crippen molar-refractivity contribution in [2.45, 2.75) is 51.7 Å². The molecule has 0 aliphatic carbocycles. The number of rotatable bonds is 9. The number of benzene rings is 1. The second-order valence-electron chi connectivity index (χ2n) is 5.70. The van der Waals surface area contributed by atoms with Gasteiger partial charge in [-0.15, -0.1) is 0 Å². The fourth-order valence-corrected chi connectivity index (χ4v) is 2.23. The lowest BCUT2D eigenvalue weighted by molar-refractivity contribution is -0.125. The van der Waals surface area contributed by atoms with E-state index in [4.69, 9.17) is 5.73 Å². The molecule has 1 aromatic carbocycles. The van der Waals surface area contributed by atoms with Crippen LogP contribution in [-0.2, 0) is 11.2 Å². The van der Waals surface area contributed by atoms with Crippen LogP contribution in [0.1, 0.15) is 38.7 Å². The van der Waals surface area contributed by atoms with E-state index < -0.39 is 6.10 Å². The fourth-order valence-electron chi connectivity index (χ4n) is 2.23. The molecule has 0 aliphatic heterocycles. The quantitative estimate of drug-likeness (QED) is 0.608. The van der Waals surface area contributed by atoms with Crippen molar-refractivity contribution >= 4 is 5.91 Å². The Balaban J connectivity index is 2.37. The molecule has 1 rings (SSSR count). The molecule has 4 heteroatoms. The van der Waals surface area contributed by atoms with Crippen molar-refractivity contribution in [2.75, 3.05) is 6.54 Å². The second kappa shape index (κ2) is 9.53. The van der Waals surface area contributed by atoms with Gasteiger partial charge in [0.1, 0.15) is 0 Å². The molecule has 3 unspecified atom stereocenters. The van der Waals surface area contributed by atoms with Crippen LogP contribution < -0.4 is 11.1 Å². The topological polar surface area (TPSA) is 75.3 Å². The highest BCUT2D eigenvalue weighted by Crippen LogP contribution is 2.12. The third kappa shape index (κ3) is 6.74. The first-order chi connectivity index (χ1) is 10.0. The Labute approximate surface area is 127 Å². The molecule has 0 spiro atoms. The summed E-state index contributed by atoms with van der Waals surface area (Å²) in [4.78, 5) is 11.9. The average Bonchev–Trinajstić information content (AvgIpc) is 2.48. The summed E-state index contributed by atoms with van der Waals surface area (Å²) in [5, 5.41) is 13.1. The fraction of sp³-hybridized carbons (Fsp3) is 0.588. The molecule has 1 aromatic rings. The van der Waals surface area contributed by atoms with E-state index in [2.05, 4.69) is 12.2 Å². The van der Waals surface area contributed by atoms with Gasteiger partial charge in [-0.05, 0) is 24.8 Å². The largest absolute Gasteiger partial charge is 0.391 e. The summed E-state index contributed by atoms with van der Waals surface area (Å²) < 4.78 is 0. The highest BCUT2D eigenvalue weighted by atomic mass is 16.3. The van der Waals surface area contributed by atoms with Crippen LogP contribution in [0.4, 0.5) is 0 Å². The van der Waals surface area contributed by atoms with E-state index >= 15 is 0 Å². The summed E-state index contributed by atoms with van der Waals surface area (Å²) in [6.45, 7) is 4.62. The summed E-state index contributed by atoms with van der Waals surface area (Å²) in [6.07, 6.45) is 2.38. The number of nitrogens with two attached hydrogens (primary N) is 1. The van der Waals surface area contributed by atoms with Gasteiger partial charge in [0.05, 0.1) is 6.10 Å². The van der Waals surface area contributed by atoms with Gasteiger partial charge in [-0.25, -0.2) is 0 Å². The number of unbranched alkanes of at least 4 members (excludes halogenated alkanes) is 1. The zero-order chi connectivity index (χ0) is 15.7. The van der Waals surface area contributed by atoms with Crippen LogP contribution in [0.3, 0.4) is 0 Å². The maximum atomic E-state index is 11.9. The highest BCUT2D eigenvalue weighted by Gasteiger charge is 2.21. The van der Waals surface area contributed by atoms with Gasteiger partial charge in [0, 0.05) is 18.5 Å². The highest BCUT2D eigenvalue weighted by molar-refractivity contribution is 5.78. The molecule has 0 aliphatic rings. The lowest BCUT2D eigenvalue weighted by Gasteiger charge is -2.22. The van der Waals surface area contributed by atoms with Crippen LogP contribution in [0.25, 0.3) is 0 Å². The summed E-state index contributed by atoms with van der Waals surface area (Å²) in [6, 6.07) is 9.50. The van der Waals surface area contributed by atoms with Crippen molar-refractivity contribution in [3.8, 4) is 0 Å². The number of amides is 1. The van der Waals surface area contributed by atoms with Gasteiger partial charge in [0.25, 0.3) is 0 Å². The molecule has 3 atom stereocenters. The van der Waals surface area contributed by atoms with Crippen LogP contribution in [0.5, 0.6) is 0 Å². The molecule has 0 radical (unpaired) electrons. The number of nitrogens with one attached hydrogen (secondary N) is 1. The van der Waals surface area contributed by atoms with Crippen molar-refractivity contribution < 1.29 is 9.90 Å². The first kappa shape index (κ1) is 17.7. The van der Waals surface area contributed by atoms with E-state index in [1.54, 1.807) is 0 Å². The summed E-state index contributed by atoms with van der Waals surface area (Å²) >= 11 is 0. The van der Waals surface area contributed by atoms with Crippen LogP contribution in [0.15, 0.2) is 30.3 Å². The predicted octanol–water partition coefficient (Wildman–Crippen LogP) is 1.86. The Kier molecular flexibility index (Phi) is 8.01. The van der Waals surface area contributed by atoms with Gasteiger partial charge in [-0.1, -0.05) is 50.6 Å². The first-order valence-corrected chi connectivity index (χ1v) is 7.79. The van der Waals surface area contributed by atoms with Gasteiger partial charge in [0.15, 0.2) is 0 Å². The SMILES string of the molecule is CCCCNC(=O)C(C)CC(O)C(N)Cc1ccccc1. The van der Waals surface area contributed by atoms with E-state index in [1.807, 2.05) is 37.3 Å². The van der Waals surface area contributed by atoms with Crippen LogP contribution in [0.2, 0.25) is 0 Å². The Morgan fingerprint density at radius 3 is 2.62 bits per heavy atom. The molecule has 21 heavy (non-hydrogen) atoms. The predicted molar refractivity (Wildman–Crippen MR) is 85.8 cm³/mol. The van der Waals surface area contributed by atoms with E-state index in [0.717, 1.165) is 18.4 Å². The molecule has 0 bridgehead atoms. The minimum absolute atomic E-state index is 0.00517.